The van der Waals surface area contributed by atoms with Crippen LogP contribution >= 0.6 is 0 Å². The molecule has 1 aliphatic rings. The molecule has 1 aromatic carbocycles. The Kier molecular flexibility index (Phi) is 4.37. The Bertz CT molecular complexity index is 1120. The molecular weight excluding hydrogens is 343 g/mol. The van der Waals surface area contributed by atoms with E-state index in [4.69, 9.17) is 0 Å². The summed E-state index contributed by atoms with van der Waals surface area (Å²) in [4.78, 5) is 5.43. The lowest BCUT2D eigenvalue weighted by Gasteiger charge is -2.07. The number of pyridine rings is 1. The van der Waals surface area contributed by atoms with Crippen molar-refractivity contribution >= 4 is 5.57 Å². The Morgan fingerprint density at radius 3 is 2.81 bits per heavy atom. The van der Waals surface area contributed by atoms with Gasteiger partial charge in [0.05, 0.1) is 17.3 Å². The Morgan fingerprint density at radius 2 is 2.00 bits per heavy atom. The molecule has 1 aliphatic carbocycles. The van der Waals surface area contributed by atoms with Crippen molar-refractivity contribution in [3.05, 3.63) is 83.9 Å². The molecule has 0 bridgehead atoms. The van der Waals surface area contributed by atoms with E-state index < -0.39 is 5.82 Å². The van der Waals surface area contributed by atoms with Crippen LogP contribution < -0.4 is 0 Å². The number of halogens is 1. The molecular formula is C20H13FN6. The van der Waals surface area contributed by atoms with Crippen molar-refractivity contribution in [1.29, 1.82) is 5.26 Å². The van der Waals surface area contributed by atoms with Gasteiger partial charge in [0.15, 0.2) is 0 Å². The average Bonchev–Trinajstić information content (AvgIpc) is 3.07. The lowest BCUT2D eigenvalue weighted by Crippen LogP contribution is -2.01. The molecule has 6 nitrogen and oxygen atoms in total. The first-order valence-corrected chi connectivity index (χ1v) is 8.25. The van der Waals surface area contributed by atoms with E-state index in [0.717, 1.165) is 6.42 Å². The number of benzene rings is 1. The smallest absolute Gasteiger partial charge is 0.223 e. The summed E-state index contributed by atoms with van der Waals surface area (Å²) in [5, 5.41) is 21.7. The summed E-state index contributed by atoms with van der Waals surface area (Å²) in [5.41, 5.74) is 2.68. The summed E-state index contributed by atoms with van der Waals surface area (Å²) >= 11 is 0. The number of nitriles is 1. The third-order valence-corrected chi connectivity index (χ3v) is 3.98. The van der Waals surface area contributed by atoms with E-state index in [0.29, 0.717) is 33.9 Å². The van der Waals surface area contributed by atoms with E-state index in [2.05, 4.69) is 26.5 Å². The number of hydrogen-bond acceptors (Lipinski definition) is 5. The van der Waals surface area contributed by atoms with Crippen LogP contribution in [-0.4, -0.2) is 25.2 Å². The molecule has 0 saturated heterocycles. The van der Waals surface area contributed by atoms with E-state index in [1.54, 1.807) is 30.5 Å². The molecule has 0 fully saturated rings. The predicted molar refractivity (Wildman–Crippen MR) is 97.8 cm³/mol. The topological polar surface area (TPSA) is 80.3 Å². The zero-order valence-electron chi connectivity index (χ0n) is 14.1. The first kappa shape index (κ1) is 16.5. The molecule has 27 heavy (non-hydrogen) atoms. The van der Waals surface area contributed by atoms with E-state index >= 15 is 0 Å². The maximum absolute atomic E-state index is 14.3. The number of aromatic nitrogens is 5. The van der Waals surface area contributed by atoms with Gasteiger partial charge in [0.2, 0.25) is 5.82 Å². The normalized spacial score (nSPS) is 13.5. The minimum absolute atomic E-state index is 0.343. The van der Waals surface area contributed by atoms with E-state index in [9.17, 15) is 9.65 Å². The maximum Gasteiger partial charge on any atom is 0.223 e. The van der Waals surface area contributed by atoms with Crippen LogP contribution in [0, 0.1) is 17.1 Å². The number of tetrazole rings is 1. The summed E-state index contributed by atoms with van der Waals surface area (Å²) in [6.45, 7) is 0. The third kappa shape index (κ3) is 3.41. The zero-order chi connectivity index (χ0) is 18.6. The highest BCUT2D eigenvalue weighted by Gasteiger charge is 2.13. The van der Waals surface area contributed by atoms with Gasteiger partial charge in [0.1, 0.15) is 11.5 Å². The highest BCUT2D eigenvalue weighted by molar-refractivity contribution is 5.82. The van der Waals surface area contributed by atoms with Gasteiger partial charge in [-0.15, -0.1) is 15.0 Å². The van der Waals surface area contributed by atoms with Crippen LogP contribution in [0.25, 0.3) is 22.8 Å². The molecule has 0 amide bonds. The molecule has 0 N–H and O–H groups in total. The van der Waals surface area contributed by atoms with Crippen LogP contribution in [-0.2, 0) is 0 Å². The summed E-state index contributed by atoms with van der Waals surface area (Å²) in [5.74, 6) is -0.110. The second-order valence-electron chi connectivity index (χ2n) is 5.80. The standard InChI is InChI=1S/C20H13FN6/c21-16-10-15(18-7-3-1-2-6-14(18)13-22)11-17(12-16)27-25-20(24-26-27)19-8-4-5-9-23-19/h2-12H,1H2. The molecule has 0 atom stereocenters. The molecule has 2 heterocycles. The van der Waals surface area contributed by atoms with Gasteiger partial charge < -0.3 is 0 Å². The van der Waals surface area contributed by atoms with Crippen LogP contribution in [0.3, 0.4) is 0 Å². The van der Waals surface area contributed by atoms with Crippen molar-refractivity contribution in [1.82, 2.24) is 25.2 Å². The van der Waals surface area contributed by atoms with Crippen LogP contribution in [0.2, 0.25) is 0 Å². The highest BCUT2D eigenvalue weighted by atomic mass is 19.1. The highest BCUT2D eigenvalue weighted by Crippen LogP contribution is 2.26. The number of allylic oxidation sites excluding steroid dienone is 6. The molecule has 3 aromatic rings. The SMILES string of the molecule is N#CC1=C(c2cc(F)cc(-n3nnc(-c4ccccn4)n3)c2)C=CCC=C1. The minimum Gasteiger partial charge on any atom is -0.253 e. The van der Waals surface area contributed by atoms with E-state index in [-0.39, 0.29) is 0 Å². The van der Waals surface area contributed by atoms with Crippen molar-refractivity contribution < 1.29 is 4.39 Å². The Labute approximate surface area is 154 Å². The lowest BCUT2D eigenvalue weighted by atomic mass is 9.99. The van der Waals surface area contributed by atoms with Crippen molar-refractivity contribution in [2.75, 3.05) is 0 Å². The second-order valence-corrected chi connectivity index (χ2v) is 5.80. The van der Waals surface area contributed by atoms with Gasteiger partial charge >= 0.3 is 0 Å². The molecule has 0 unspecified atom stereocenters. The van der Waals surface area contributed by atoms with Gasteiger partial charge in [-0.1, -0.05) is 24.3 Å². The first-order chi connectivity index (χ1) is 13.2. The minimum atomic E-state index is -0.453. The van der Waals surface area contributed by atoms with Gasteiger partial charge in [-0.05, 0) is 53.1 Å². The van der Waals surface area contributed by atoms with Crippen molar-refractivity contribution in [2.24, 2.45) is 0 Å². The molecule has 0 spiro atoms. The van der Waals surface area contributed by atoms with Gasteiger partial charge in [0, 0.05) is 12.3 Å². The van der Waals surface area contributed by atoms with E-state index in [1.807, 2.05) is 24.3 Å². The molecule has 0 aliphatic heterocycles. The third-order valence-electron chi connectivity index (χ3n) is 3.98. The van der Waals surface area contributed by atoms with E-state index in [1.165, 1.54) is 16.9 Å². The van der Waals surface area contributed by atoms with Crippen LogP contribution in [0.15, 0.2) is 72.5 Å². The predicted octanol–water partition coefficient (Wildman–Crippen LogP) is 3.66. The Hall–Kier alpha value is -3.92. The summed E-state index contributed by atoms with van der Waals surface area (Å²) in [7, 11) is 0. The van der Waals surface area contributed by atoms with Gasteiger partial charge in [-0.25, -0.2) is 4.39 Å². The average molecular weight is 356 g/mol. The van der Waals surface area contributed by atoms with Crippen molar-refractivity contribution in [3.63, 3.8) is 0 Å². The monoisotopic (exact) mass is 356 g/mol. The van der Waals surface area contributed by atoms with Crippen LogP contribution in [0.4, 0.5) is 4.39 Å². The molecule has 7 heteroatoms. The summed E-state index contributed by atoms with van der Waals surface area (Å²) in [6.07, 6.45) is 9.74. The Morgan fingerprint density at radius 1 is 1.11 bits per heavy atom. The summed E-state index contributed by atoms with van der Waals surface area (Å²) < 4.78 is 14.3. The quantitative estimate of drug-likeness (QED) is 0.715. The van der Waals surface area contributed by atoms with Gasteiger partial charge in [-0.3, -0.25) is 4.98 Å². The lowest BCUT2D eigenvalue weighted by molar-refractivity contribution is 0.620. The fourth-order valence-electron chi connectivity index (χ4n) is 2.75. The van der Waals surface area contributed by atoms with Gasteiger partial charge in [-0.2, -0.15) is 5.26 Å². The number of hydrogen-bond donors (Lipinski definition) is 0. The van der Waals surface area contributed by atoms with Crippen LogP contribution in [0.1, 0.15) is 12.0 Å². The number of nitrogens with zero attached hydrogens (tertiary/aromatic N) is 6. The maximum atomic E-state index is 14.3. The first-order valence-electron chi connectivity index (χ1n) is 8.25. The van der Waals surface area contributed by atoms with Gasteiger partial charge in [0.25, 0.3) is 0 Å². The fraction of sp³-hybridized carbons (Fsp3) is 0.0500. The second kappa shape index (κ2) is 7.14. The van der Waals surface area contributed by atoms with Crippen molar-refractivity contribution in [3.8, 4) is 23.3 Å². The zero-order valence-corrected chi connectivity index (χ0v) is 14.1. The molecule has 0 radical (unpaired) electrons. The van der Waals surface area contributed by atoms with Crippen molar-refractivity contribution in [2.45, 2.75) is 6.42 Å². The fourth-order valence-corrected chi connectivity index (χ4v) is 2.75. The largest absolute Gasteiger partial charge is 0.253 e. The summed E-state index contributed by atoms with van der Waals surface area (Å²) in [6, 6.07) is 12.0. The Balaban J connectivity index is 1.78. The van der Waals surface area contributed by atoms with Crippen LogP contribution in [0.5, 0.6) is 0 Å². The molecule has 0 saturated carbocycles. The number of rotatable bonds is 3. The molecule has 2 aromatic heterocycles. The molecule has 4 rings (SSSR count). The molecule has 130 valence electrons.